The molecule has 0 aliphatic carbocycles. The zero-order valence-electron chi connectivity index (χ0n) is 9.86. The van der Waals surface area contributed by atoms with E-state index in [1.54, 1.807) is 18.2 Å². The molecule has 0 aromatic heterocycles. The number of hydrogen-bond acceptors (Lipinski definition) is 2. The molecule has 0 atom stereocenters. The minimum Gasteiger partial charge on any atom is -0.508 e. The molecule has 2 aromatic rings. The third-order valence-corrected chi connectivity index (χ3v) is 3.15. The highest BCUT2D eigenvalue weighted by molar-refractivity contribution is 9.10. The van der Waals surface area contributed by atoms with Crippen molar-refractivity contribution in [2.45, 2.75) is 6.42 Å². The molecule has 0 unspecified atom stereocenters. The first kappa shape index (κ1) is 13.5. The summed E-state index contributed by atoms with van der Waals surface area (Å²) >= 11 is 3.05. The number of hydrogen-bond donors (Lipinski definition) is 2. The van der Waals surface area contributed by atoms with Gasteiger partial charge in [-0.3, -0.25) is 4.79 Å². The number of aromatic hydroxyl groups is 1. The van der Waals surface area contributed by atoms with Crippen LogP contribution in [0.1, 0.15) is 5.56 Å². The van der Waals surface area contributed by atoms with Gasteiger partial charge in [0.15, 0.2) is 0 Å². The van der Waals surface area contributed by atoms with Gasteiger partial charge in [0.25, 0.3) is 0 Å². The SMILES string of the molecule is O=C(Cc1ccccc1O)Nc1ccc(F)c(Br)c1. The van der Waals surface area contributed by atoms with Crippen LogP contribution in [0.2, 0.25) is 0 Å². The highest BCUT2D eigenvalue weighted by Gasteiger charge is 2.08. The van der Waals surface area contributed by atoms with Crippen molar-refractivity contribution in [3.63, 3.8) is 0 Å². The van der Waals surface area contributed by atoms with Crippen molar-refractivity contribution in [1.29, 1.82) is 0 Å². The average molecular weight is 324 g/mol. The molecule has 2 N–H and O–H groups in total. The zero-order valence-corrected chi connectivity index (χ0v) is 11.4. The Morgan fingerprint density at radius 3 is 2.68 bits per heavy atom. The number of carbonyl (C=O) groups is 1. The van der Waals surface area contributed by atoms with Crippen LogP contribution in [-0.4, -0.2) is 11.0 Å². The highest BCUT2D eigenvalue weighted by atomic mass is 79.9. The number of carbonyl (C=O) groups excluding carboxylic acids is 1. The van der Waals surface area contributed by atoms with Crippen LogP contribution in [-0.2, 0) is 11.2 Å². The molecular weight excluding hydrogens is 313 g/mol. The quantitative estimate of drug-likeness (QED) is 0.908. The van der Waals surface area contributed by atoms with Gasteiger partial charge < -0.3 is 10.4 Å². The molecule has 0 saturated heterocycles. The van der Waals surface area contributed by atoms with Crippen LogP contribution >= 0.6 is 15.9 Å². The molecule has 5 heteroatoms. The van der Waals surface area contributed by atoms with Crippen molar-refractivity contribution >= 4 is 27.5 Å². The van der Waals surface area contributed by atoms with Crippen molar-refractivity contribution in [3.8, 4) is 5.75 Å². The minimum absolute atomic E-state index is 0.0572. The molecule has 0 aliphatic rings. The Bertz CT molecular complexity index is 616. The number of nitrogens with one attached hydrogen (secondary N) is 1. The third-order valence-electron chi connectivity index (χ3n) is 2.55. The molecule has 0 spiro atoms. The van der Waals surface area contributed by atoms with Gasteiger partial charge in [0.05, 0.1) is 10.9 Å². The molecule has 2 aromatic carbocycles. The molecule has 98 valence electrons. The van der Waals surface area contributed by atoms with Crippen LogP contribution in [0.5, 0.6) is 5.75 Å². The number of rotatable bonds is 3. The molecule has 0 radical (unpaired) electrons. The maximum atomic E-state index is 13.0. The van der Waals surface area contributed by atoms with Crippen molar-refractivity contribution in [2.75, 3.05) is 5.32 Å². The van der Waals surface area contributed by atoms with Gasteiger partial charge >= 0.3 is 0 Å². The molecule has 0 aliphatic heterocycles. The highest BCUT2D eigenvalue weighted by Crippen LogP contribution is 2.21. The first-order valence-electron chi connectivity index (χ1n) is 5.58. The van der Waals surface area contributed by atoms with Crippen molar-refractivity contribution < 1.29 is 14.3 Å². The van der Waals surface area contributed by atoms with Crippen LogP contribution in [0, 0.1) is 5.82 Å². The first-order valence-corrected chi connectivity index (χ1v) is 6.37. The van der Waals surface area contributed by atoms with Crippen molar-refractivity contribution in [2.24, 2.45) is 0 Å². The van der Waals surface area contributed by atoms with Crippen LogP contribution < -0.4 is 5.32 Å². The lowest BCUT2D eigenvalue weighted by molar-refractivity contribution is -0.115. The van der Waals surface area contributed by atoms with Gasteiger partial charge in [0.1, 0.15) is 11.6 Å². The lowest BCUT2D eigenvalue weighted by atomic mass is 10.1. The van der Waals surface area contributed by atoms with Gasteiger partial charge in [-0.2, -0.15) is 0 Å². The lowest BCUT2D eigenvalue weighted by Crippen LogP contribution is -2.14. The second-order valence-corrected chi connectivity index (χ2v) is 4.84. The van der Waals surface area contributed by atoms with E-state index in [0.717, 1.165) is 0 Å². The van der Waals surface area contributed by atoms with Crippen LogP contribution in [0.4, 0.5) is 10.1 Å². The Morgan fingerprint density at radius 1 is 1.26 bits per heavy atom. The molecule has 2 rings (SSSR count). The fourth-order valence-corrected chi connectivity index (χ4v) is 1.99. The number of phenols is 1. The maximum Gasteiger partial charge on any atom is 0.228 e. The minimum atomic E-state index is -0.390. The van der Waals surface area contributed by atoms with E-state index in [9.17, 15) is 14.3 Å². The van der Waals surface area contributed by atoms with Crippen LogP contribution in [0.25, 0.3) is 0 Å². The van der Waals surface area contributed by atoms with Crippen LogP contribution in [0.15, 0.2) is 46.9 Å². The maximum absolute atomic E-state index is 13.0. The van der Waals surface area contributed by atoms with E-state index in [0.29, 0.717) is 11.3 Å². The topological polar surface area (TPSA) is 49.3 Å². The molecule has 0 saturated carbocycles. The summed E-state index contributed by atoms with van der Waals surface area (Å²) in [5.74, 6) is -0.586. The monoisotopic (exact) mass is 323 g/mol. The van der Waals surface area contributed by atoms with E-state index in [1.165, 1.54) is 24.3 Å². The molecule has 1 amide bonds. The predicted octanol–water partition coefficient (Wildman–Crippen LogP) is 3.48. The molecule has 0 heterocycles. The first-order chi connectivity index (χ1) is 9.06. The van der Waals surface area contributed by atoms with E-state index in [1.807, 2.05) is 0 Å². The molecule has 19 heavy (non-hydrogen) atoms. The van der Waals surface area contributed by atoms with Gasteiger partial charge in [-0.1, -0.05) is 18.2 Å². The standard InChI is InChI=1S/C14H11BrFNO2/c15-11-8-10(5-6-12(11)16)17-14(19)7-9-3-1-2-4-13(9)18/h1-6,8,18H,7H2,(H,17,19). The fourth-order valence-electron chi connectivity index (χ4n) is 1.61. The number of phenolic OH excluding ortho intramolecular Hbond substituents is 1. The van der Waals surface area contributed by atoms with E-state index in [-0.39, 0.29) is 22.6 Å². The molecule has 3 nitrogen and oxygen atoms in total. The lowest BCUT2D eigenvalue weighted by Gasteiger charge is -2.07. The summed E-state index contributed by atoms with van der Waals surface area (Å²) in [6.07, 6.45) is 0.0572. The molecule has 0 bridgehead atoms. The Kier molecular flexibility index (Phi) is 4.16. The Morgan fingerprint density at radius 2 is 2.00 bits per heavy atom. The smallest absolute Gasteiger partial charge is 0.228 e. The van der Waals surface area contributed by atoms with E-state index < -0.39 is 5.82 Å². The Balaban J connectivity index is 2.05. The number of halogens is 2. The Hall–Kier alpha value is -1.88. The summed E-state index contributed by atoms with van der Waals surface area (Å²) in [7, 11) is 0. The summed E-state index contributed by atoms with van der Waals surface area (Å²) in [6.45, 7) is 0. The number of para-hydroxylation sites is 1. The molecular formula is C14H11BrFNO2. The second kappa shape index (κ2) is 5.84. The van der Waals surface area contributed by atoms with Gasteiger partial charge in [-0.15, -0.1) is 0 Å². The number of anilines is 1. The normalized spacial score (nSPS) is 10.2. The largest absolute Gasteiger partial charge is 0.508 e. The Labute approximate surface area is 118 Å². The summed E-state index contributed by atoms with van der Waals surface area (Å²) in [6, 6.07) is 10.9. The van der Waals surface area contributed by atoms with Crippen molar-refractivity contribution in [3.05, 3.63) is 58.3 Å². The van der Waals surface area contributed by atoms with Gasteiger partial charge in [0.2, 0.25) is 5.91 Å². The van der Waals surface area contributed by atoms with E-state index in [4.69, 9.17) is 0 Å². The van der Waals surface area contributed by atoms with E-state index in [2.05, 4.69) is 21.2 Å². The third kappa shape index (κ3) is 3.54. The number of benzene rings is 2. The van der Waals surface area contributed by atoms with Gasteiger partial charge in [-0.05, 0) is 40.2 Å². The molecule has 0 fully saturated rings. The summed E-state index contributed by atoms with van der Waals surface area (Å²) in [5, 5.41) is 12.2. The number of amides is 1. The van der Waals surface area contributed by atoms with Crippen LogP contribution in [0.3, 0.4) is 0 Å². The summed E-state index contributed by atoms with van der Waals surface area (Å²) in [4.78, 5) is 11.8. The summed E-state index contributed by atoms with van der Waals surface area (Å²) < 4.78 is 13.3. The summed E-state index contributed by atoms with van der Waals surface area (Å²) in [5.41, 5.74) is 1.04. The van der Waals surface area contributed by atoms with Crippen molar-refractivity contribution in [1.82, 2.24) is 0 Å². The zero-order chi connectivity index (χ0) is 13.8. The second-order valence-electron chi connectivity index (χ2n) is 3.98. The fraction of sp³-hybridized carbons (Fsp3) is 0.0714. The van der Waals surface area contributed by atoms with E-state index >= 15 is 0 Å². The van der Waals surface area contributed by atoms with Gasteiger partial charge in [0, 0.05) is 11.3 Å². The van der Waals surface area contributed by atoms with Gasteiger partial charge in [-0.25, -0.2) is 4.39 Å². The average Bonchev–Trinajstić information content (AvgIpc) is 2.37. The predicted molar refractivity (Wildman–Crippen MR) is 74.5 cm³/mol.